The predicted octanol–water partition coefficient (Wildman–Crippen LogP) is 5.20. The summed E-state index contributed by atoms with van der Waals surface area (Å²) in [5.74, 6) is 0.747. The molecule has 1 aliphatic rings. The highest BCUT2D eigenvalue weighted by atomic mass is 16.5. The maximum atomic E-state index is 5.87. The van der Waals surface area contributed by atoms with Crippen LogP contribution in [-0.4, -0.2) is 14.5 Å². The minimum atomic E-state index is 0.359. The van der Waals surface area contributed by atoms with E-state index in [4.69, 9.17) is 10.5 Å². The van der Waals surface area contributed by atoms with Crippen molar-refractivity contribution in [3.63, 3.8) is 0 Å². The summed E-state index contributed by atoms with van der Waals surface area (Å²) >= 11 is 0. The molecule has 0 amide bonds. The molecule has 0 atom stereocenters. The van der Waals surface area contributed by atoms with Crippen molar-refractivity contribution in [2.45, 2.75) is 25.3 Å². The van der Waals surface area contributed by atoms with E-state index < -0.39 is 0 Å². The number of anilines is 1. The van der Waals surface area contributed by atoms with Crippen molar-refractivity contribution < 1.29 is 4.74 Å². The number of aromatic nitrogens is 3. The van der Waals surface area contributed by atoms with Gasteiger partial charge in [-0.15, -0.1) is 0 Å². The Morgan fingerprint density at radius 3 is 2.44 bits per heavy atom. The van der Waals surface area contributed by atoms with Crippen LogP contribution < -0.4 is 10.5 Å². The van der Waals surface area contributed by atoms with E-state index in [1.54, 1.807) is 18.5 Å². The first-order chi connectivity index (χ1) is 13.3. The van der Waals surface area contributed by atoms with E-state index in [9.17, 15) is 0 Å². The number of ether oxygens (including phenoxy) is 1. The summed E-state index contributed by atoms with van der Waals surface area (Å²) in [4.78, 5) is 8.30. The van der Waals surface area contributed by atoms with Crippen molar-refractivity contribution in [1.29, 1.82) is 0 Å². The molecule has 0 spiro atoms. The SMILES string of the molecule is Nc1ccc(-c2cc3ccc(Oc4ncccn4)cc3n2C2CCC2)cc1. The summed E-state index contributed by atoms with van der Waals surface area (Å²) < 4.78 is 8.30. The van der Waals surface area contributed by atoms with E-state index in [1.165, 1.54) is 41.4 Å². The van der Waals surface area contributed by atoms with Gasteiger partial charge in [-0.3, -0.25) is 0 Å². The zero-order valence-corrected chi connectivity index (χ0v) is 14.9. The van der Waals surface area contributed by atoms with Gasteiger partial charge in [-0.05, 0) is 61.2 Å². The Morgan fingerprint density at radius 1 is 0.963 bits per heavy atom. The van der Waals surface area contributed by atoms with Crippen LogP contribution in [0.5, 0.6) is 11.8 Å². The molecule has 2 aromatic heterocycles. The van der Waals surface area contributed by atoms with Crippen molar-refractivity contribution in [2.75, 3.05) is 5.73 Å². The average Bonchev–Trinajstić information content (AvgIpc) is 3.01. The highest BCUT2D eigenvalue weighted by Crippen LogP contribution is 2.41. The molecule has 134 valence electrons. The first kappa shape index (κ1) is 15.9. The van der Waals surface area contributed by atoms with Gasteiger partial charge in [0.1, 0.15) is 5.75 Å². The fraction of sp³-hybridized carbons (Fsp3) is 0.182. The Balaban J connectivity index is 1.62. The Labute approximate surface area is 157 Å². The van der Waals surface area contributed by atoms with E-state index in [1.807, 2.05) is 18.2 Å². The number of benzene rings is 2. The van der Waals surface area contributed by atoms with Gasteiger partial charge in [0.25, 0.3) is 0 Å². The number of nitrogens with two attached hydrogens (primary N) is 1. The standard InChI is InChI=1S/C22H20N4O/c23-17-8-5-15(6-9-17)20-13-16-7-10-19(27-22-24-11-2-12-25-22)14-21(16)26(20)18-3-1-4-18/h2,5-14,18H,1,3-4,23H2. The average molecular weight is 356 g/mol. The molecule has 1 saturated carbocycles. The van der Waals surface area contributed by atoms with Gasteiger partial charge in [-0.2, -0.15) is 0 Å². The largest absolute Gasteiger partial charge is 0.424 e. The van der Waals surface area contributed by atoms with E-state index in [0.717, 1.165) is 11.4 Å². The number of nitrogens with zero attached hydrogens (tertiary/aromatic N) is 3. The fourth-order valence-electron chi connectivity index (χ4n) is 3.62. The zero-order chi connectivity index (χ0) is 18.2. The summed E-state index contributed by atoms with van der Waals surface area (Å²) in [6.07, 6.45) is 7.05. The van der Waals surface area contributed by atoms with Gasteiger partial charge in [0.05, 0.1) is 5.52 Å². The van der Waals surface area contributed by atoms with Gasteiger partial charge in [-0.25, -0.2) is 9.97 Å². The van der Waals surface area contributed by atoms with Crippen LogP contribution in [0.2, 0.25) is 0 Å². The molecule has 2 aromatic carbocycles. The molecule has 1 fully saturated rings. The Hall–Kier alpha value is -3.34. The molecule has 0 aliphatic heterocycles. The molecule has 5 nitrogen and oxygen atoms in total. The van der Waals surface area contributed by atoms with Crippen molar-refractivity contribution in [1.82, 2.24) is 14.5 Å². The monoisotopic (exact) mass is 356 g/mol. The molecule has 1 aliphatic carbocycles. The molecule has 0 saturated heterocycles. The number of rotatable bonds is 4. The number of nitrogen functional groups attached to an aromatic ring is 1. The van der Waals surface area contributed by atoms with Crippen LogP contribution in [0, 0.1) is 0 Å². The normalized spacial score (nSPS) is 14.2. The molecule has 0 radical (unpaired) electrons. The smallest absolute Gasteiger partial charge is 0.321 e. The molecule has 0 bridgehead atoms. The van der Waals surface area contributed by atoms with E-state index >= 15 is 0 Å². The molecular formula is C22H20N4O. The molecule has 2 N–H and O–H groups in total. The Kier molecular flexibility index (Phi) is 3.78. The highest BCUT2D eigenvalue weighted by Gasteiger charge is 2.24. The van der Waals surface area contributed by atoms with Crippen molar-refractivity contribution >= 4 is 16.6 Å². The van der Waals surface area contributed by atoms with Crippen molar-refractivity contribution in [2.24, 2.45) is 0 Å². The van der Waals surface area contributed by atoms with Crippen molar-refractivity contribution in [3.8, 4) is 23.0 Å². The van der Waals surface area contributed by atoms with Crippen LogP contribution in [0.15, 0.2) is 67.0 Å². The van der Waals surface area contributed by atoms with Gasteiger partial charge >= 0.3 is 6.01 Å². The second-order valence-electron chi connectivity index (χ2n) is 6.96. The lowest BCUT2D eigenvalue weighted by Gasteiger charge is -2.30. The van der Waals surface area contributed by atoms with Gasteiger partial charge < -0.3 is 15.0 Å². The van der Waals surface area contributed by atoms with E-state index in [-0.39, 0.29) is 0 Å². The summed E-state index contributed by atoms with van der Waals surface area (Å²) in [5, 5.41) is 1.20. The topological polar surface area (TPSA) is 66.0 Å². The number of hydrogen-bond acceptors (Lipinski definition) is 4. The third-order valence-electron chi connectivity index (χ3n) is 5.21. The van der Waals surface area contributed by atoms with E-state index in [0.29, 0.717) is 12.1 Å². The third-order valence-corrected chi connectivity index (χ3v) is 5.21. The molecule has 0 unspecified atom stereocenters. The zero-order valence-electron chi connectivity index (χ0n) is 14.9. The molecule has 4 aromatic rings. The Bertz CT molecular complexity index is 1080. The van der Waals surface area contributed by atoms with E-state index in [2.05, 4.69) is 44.9 Å². The minimum absolute atomic E-state index is 0.359. The van der Waals surface area contributed by atoms with Crippen LogP contribution in [-0.2, 0) is 0 Å². The Morgan fingerprint density at radius 2 is 1.74 bits per heavy atom. The maximum Gasteiger partial charge on any atom is 0.321 e. The first-order valence-electron chi connectivity index (χ1n) is 9.24. The van der Waals surface area contributed by atoms with Crippen molar-refractivity contribution in [3.05, 3.63) is 67.0 Å². The minimum Gasteiger partial charge on any atom is -0.424 e. The lowest BCUT2D eigenvalue weighted by molar-refractivity contribution is 0.324. The lowest BCUT2D eigenvalue weighted by atomic mass is 9.92. The lowest BCUT2D eigenvalue weighted by Crippen LogP contribution is -2.17. The third kappa shape index (κ3) is 2.91. The van der Waals surface area contributed by atoms with Gasteiger partial charge in [0, 0.05) is 41.3 Å². The van der Waals surface area contributed by atoms with Crippen LogP contribution in [0.1, 0.15) is 25.3 Å². The first-order valence-corrected chi connectivity index (χ1v) is 9.24. The molecule has 5 heteroatoms. The van der Waals surface area contributed by atoms with Gasteiger partial charge in [0.2, 0.25) is 0 Å². The maximum absolute atomic E-state index is 5.87. The fourth-order valence-corrected chi connectivity index (χ4v) is 3.62. The summed E-state index contributed by atoms with van der Waals surface area (Å²) in [6, 6.07) is 19.2. The second-order valence-corrected chi connectivity index (χ2v) is 6.96. The number of hydrogen-bond donors (Lipinski definition) is 1. The molecule has 27 heavy (non-hydrogen) atoms. The summed E-state index contributed by atoms with van der Waals surface area (Å²) in [5.41, 5.74) is 10.2. The molecular weight excluding hydrogens is 336 g/mol. The highest BCUT2D eigenvalue weighted by molar-refractivity contribution is 5.88. The van der Waals surface area contributed by atoms with Gasteiger partial charge in [0.15, 0.2) is 0 Å². The number of fused-ring (bicyclic) bond motifs is 1. The van der Waals surface area contributed by atoms with Crippen LogP contribution >= 0.6 is 0 Å². The quantitative estimate of drug-likeness (QED) is 0.511. The molecule has 2 heterocycles. The van der Waals surface area contributed by atoms with Gasteiger partial charge in [-0.1, -0.05) is 12.1 Å². The predicted molar refractivity (Wildman–Crippen MR) is 107 cm³/mol. The second kappa shape index (κ2) is 6.43. The van der Waals surface area contributed by atoms with Crippen LogP contribution in [0.4, 0.5) is 5.69 Å². The van der Waals surface area contributed by atoms with Crippen LogP contribution in [0.25, 0.3) is 22.2 Å². The molecule has 5 rings (SSSR count). The summed E-state index contributed by atoms with van der Waals surface area (Å²) in [6.45, 7) is 0. The summed E-state index contributed by atoms with van der Waals surface area (Å²) in [7, 11) is 0. The van der Waals surface area contributed by atoms with Crippen LogP contribution in [0.3, 0.4) is 0 Å².